The predicted octanol–water partition coefficient (Wildman–Crippen LogP) is 0.325. The van der Waals surface area contributed by atoms with Gasteiger partial charge in [0.15, 0.2) is 0 Å². The van der Waals surface area contributed by atoms with Crippen molar-refractivity contribution in [2.75, 3.05) is 31.6 Å². The Hall–Kier alpha value is -2.94. The maximum Gasteiger partial charge on any atom is 0.397 e. The molecule has 9 nitrogen and oxygen atoms in total. The van der Waals surface area contributed by atoms with Gasteiger partial charge in [-0.1, -0.05) is 29.6 Å². The third kappa shape index (κ3) is 2.82. The lowest BCUT2D eigenvalue weighted by Gasteiger charge is -2.34. The van der Waals surface area contributed by atoms with Crippen LogP contribution in [0.4, 0.5) is 10.5 Å². The van der Waals surface area contributed by atoms with Gasteiger partial charge in [-0.2, -0.15) is 0 Å². The van der Waals surface area contributed by atoms with E-state index in [0.29, 0.717) is 29.9 Å². The SMILES string of the molecule is CC1CN(c2cccc(Cl)c2)C2=[N+](C1)C1C(=O)N(CC(N)=O)C(=O)N(C)C1=N2. The van der Waals surface area contributed by atoms with Crippen molar-refractivity contribution in [3.63, 3.8) is 0 Å². The minimum Gasteiger partial charge on any atom is -0.368 e. The van der Waals surface area contributed by atoms with Crippen molar-refractivity contribution >= 4 is 46.9 Å². The number of hydrogen-bond donors (Lipinski definition) is 1. The van der Waals surface area contributed by atoms with Crippen molar-refractivity contribution in [1.82, 2.24) is 9.80 Å². The van der Waals surface area contributed by atoms with Crippen molar-refractivity contribution in [3.05, 3.63) is 29.3 Å². The zero-order valence-corrected chi connectivity index (χ0v) is 16.3. The van der Waals surface area contributed by atoms with Gasteiger partial charge in [-0.15, -0.1) is 0 Å². The number of amides is 4. The second-order valence-corrected chi connectivity index (χ2v) is 7.69. The molecule has 3 heterocycles. The first-order chi connectivity index (χ1) is 13.3. The lowest BCUT2D eigenvalue weighted by atomic mass is 10.1. The number of anilines is 1. The summed E-state index contributed by atoms with van der Waals surface area (Å²) >= 11 is 6.16. The number of fused-ring (bicyclic) bond motifs is 2. The van der Waals surface area contributed by atoms with Crippen LogP contribution in [0, 0.1) is 5.92 Å². The van der Waals surface area contributed by atoms with Crippen LogP contribution in [0.25, 0.3) is 0 Å². The Labute approximate surface area is 166 Å². The number of rotatable bonds is 3. The number of carbonyl (C=O) groups is 3. The number of urea groups is 1. The number of nitrogens with two attached hydrogens (primary N) is 1. The molecule has 2 unspecified atom stereocenters. The quantitative estimate of drug-likeness (QED) is 0.734. The lowest BCUT2D eigenvalue weighted by Crippen LogP contribution is -2.64. The number of imide groups is 1. The molecule has 0 bridgehead atoms. The first-order valence-electron chi connectivity index (χ1n) is 8.90. The summed E-state index contributed by atoms with van der Waals surface area (Å²) in [6, 6.07) is 6.03. The Balaban J connectivity index is 1.79. The molecular weight excluding hydrogens is 384 g/mol. The van der Waals surface area contributed by atoms with Crippen LogP contribution >= 0.6 is 11.6 Å². The van der Waals surface area contributed by atoms with Gasteiger partial charge >= 0.3 is 12.0 Å². The number of likely N-dealkylation sites (N-methyl/N-ethyl adjacent to an activating group) is 1. The molecule has 0 aromatic heterocycles. The van der Waals surface area contributed by atoms with E-state index in [9.17, 15) is 14.4 Å². The fourth-order valence-electron chi connectivity index (χ4n) is 3.86. The first kappa shape index (κ1) is 18.4. The summed E-state index contributed by atoms with van der Waals surface area (Å²) < 4.78 is 1.88. The highest BCUT2D eigenvalue weighted by Crippen LogP contribution is 2.29. The Morgan fingerprint density at radius 3 is 2.82 bits per heavy atom. The molecule has 1 aromatic rings. The van der Waals surface area contributed by atoms with Crippen LogP contribution in [0.15, 0.2) is 29.3 Å². The second kappa shape index (κ2) is 6.59. The molecule has 146 valence electrons. The van der Waals surface area contributed by atoms with Gasteiger partial charge < -0.3 is 5.73 Å². The van der Waals surface area contributed by atoms with Gasteiger partial charge in [-0.25, -0.2) is 14.3 Å². The van der Waals surface area contributed by atoms with Crippen molar-refractivity contribution in [2.45, 2.75) is 13.0 Å². The highest BCUT2D eigenvalue weighted by atomic mass is 35.5. The molecule has 0 aliphatic carbocycles. The van der Waals surface area contributed by atoms with Gasteiger partial charge in [0.2, 0.25) is 17.8 Å². The Bertz CT molecular complexity index is 958. The zero-order valence-electron chi connectivity index (χ0n) is 15.5. The maximum absolute atomic E-state index is 13.1. The molecule has 2 atom stereocenters. The Kier molecular flexibility index (Phi) is 4.34. The van der Waals surface area contributed by atoms with Crippen LogP contribution < -0.4 is 10.6 Å². The monoisotopic (exact) mass is 403 g/mol. The Morgan fingerprint density at radius 1 is 1.39 bits per heavy atom. The van der Waals surface area contributed by atoms with Gasteiger partial charge in [-0.05, 0) is 18.2 Å². The summed E-state index contributed by atoms with van der Waals surface area (Å²) in [5.74, 6) is -0.0557. The van der Waals surface area contributed by atoms with Crippen LogP contribution in [0.3, 0.4) is 0 Å². The molecule has 10 heteroatoms. The van der Waals surface area contributed by atoms with E-state index in [4.69, 9.17) is 17.3 Å². The van der Waals surface area contributed by atoms with E-state index in [1.54, 1.807) is 13.1 Å². The molecule has 1 fully saturated rings. The van der Waals surface area contributed by atoms with Crippen LogP contribution in [0.5, 0.6) is 0 Å². The van der Waals surface area contributed by atoms with Gasteiger partial charge in [0.05, 0.1) is 13.1 Å². The van der Waals surface area contributed by atoms with Crippen molar-refractivity contribution < 1.29 is 19.0 Å². The molecule has 0 spiro atoms. The number of carbonyl (C=O) groups excluding carboxylic acids is 3. The van der Waals surface area contributed by atoms with E-state index in [1.807, 2.05) is 27.7 Å². The normalized spacial score (nSPS) is 24.4. The van der Waals surface area contributed by atoms with E-state index in [0.717, 1.165) is 10.6 Å². The van der Waals surface area contributed by atoms with Gasteiger partial charge in [0, 0.05) is 18.0 Å². The lowest BCUT2D eigenvalue weighted by molar-refractivity contribution is -0.545. The molecule has 3 aliphatic rings. The van der Waals surface area contributed by atoms with E-state index in [1.165, 1.54) is 4.90 Å². The van der Waals surface area contributed by atoms with E-state index >= 15 is 0 Å². The average molecular weight is 404 g/mol. The highest BCUT2D eigenvalue weighted by molar-refractivity contribution is 6.31. The molecule has 4 rings (SSSR count). The van der Waals surface area contributed by atoms with Crippen molar-refractivity contribution in [2.24, 2.45) is 16.6 Å². The molecule has 0 saturated carbocycles. The number of nitrogens with zero attached hydrogens (tertiary/aromatic N) is 5. The smallest absolute Gasteiger partial charge is 0.368 e. The molecule has 0 radical (unpaired) electrons. The fourth-order valence-corrected chi connectivity index (χ4v) is 4.05. The highest BCUT2D eigenvalue weighted by Gasteiger charge is 2.55. The first-order valence-corrected chi connectivity index (χ1v) is 9.28. The predicted molar refractivity (Wildman–Crippen MR) is 103 cm³/mol. The molecular formula is C18H20ClN6O3+. The number of hydrogen-bond acceptors (Lipinski definition) is 5. The zero-order chi connectivity index (χ0) is 20.2. The van der Waals surface area contributed by atoms with E-state index in [2.05, 4.69) is 11.9 Å². The molecule has 3 aliphatic heterocycles. The fraction of sp³-hybridized carbons (Fsp3) is 0.389. The number of guanidine groups is 1. The van der Waals surface area contributed by atoms with E-state index < -0.39 is 30.4 Å². The summed E-state index contributed by atoms with van der Waals surface area (Å²) in [7, 11) is 1.54. The van der Waals surface area contributed by atoms with Gasteiger partial charge in [-0.3, -0.25) is 19.4 Å². The molecule has 2 N–H and O–H groups in total. The third-order valence-corrected chi connectivity index (χ3v) is 5.30. The number of primary amides is 1. The largest absolute Gasteiger partial charge is 0.397 e. The standard InChI is InChI=1S/C18H19ClN6O3/c1-10-7-23(12-5-3-4-11(19)6-12)17-21-15-14(24(17)8-10)16(27)25(9-13(20)26)18(28)22(15)2/h3-6,10,14H,7-9H2,1-2H3,(H-,20,26)/p+1. The topological polar surface area (TPSA) is 102 Å². The summed E-state index contributed by atoms with van der Waals surface area (Å²) in [5.41, 5.74) is 6.08. The number of halogens is 1. The molecule has 1 saturated heterocycles. The van der Waals surface area contributed by atoms with Gasteiger partial charge in [0.1, 0.15) is 12.2 Å². The maximum atomic E-state index is 13.1. The summed E-state index contributed by atoms with van der Waals surface area (Å²) in [5, 5.41) is 0.599. The van der Waals surface area contributed by atoms with E-state index in [-0.39, 0.29) is 5.92 Å². The minimum atomic E-state index is -0.763. The van der Waals surface area contributed by atoms with Gasteiger partial charge in [0.25, 0.3) is 5.91 Å². The Morgan fingerprint density at radius 2 is 2.14 bits per heavy atom. The number of benzene rings is 1. The third-order valence-electron chi connectivity index (χ3n) is 5.07. The minimum absolute atomic E-state index is 0.234. The summed E-state index contributed by atoms with van der Waals surface area (Å²) in [4.78, 5) is 45.8. The number of aliphatic imine (C=N–C) groups is 1. The van der Waals surface area contributed by atoms with Crippen LogP contribution in [-0.4, -0.2) is 76.7 Å². The van der Waals surface area contributed by atoms with Crippen molar-refractivity contribution in [3.8, 4) is 0 Å². The molecule has 1 aromatic carbocycles. The van der Waals surface area contributed by atoms with Crippen molar-refractivity contribution in [1.29, 1.82) is 0 Å². The summed E-state index contributed by atoms with van der Waals surface area (Å²) in [6.07, 6.45) is 0. The van der Waals surface area contributed by atoms with Crippen LogP contribution in [0.2, 0.25) is 5.02 Å². The van der Waals surface area contributed by atoms with Crippen LogP contribution in [0.1, 0.15) is 6.92 Å². The summed E-state index contributed by atoms with van der Waals surface area (Å²) in [6.45, 7) is 2.92. The average Bonchev–Trinajstić information content (AvgIpc) is 3.02. The second-order valence-electron chi connectivity index (χ2n) is 7.25. The molecule has 4 amide bonds. The number of amidine groups is 1. The molecule has 28 heavy (non-hydrogen) atoms. The van der Waals surface area contributed by atoms with Crippen LogP contribution in [-0.2, 0) is 9.59 Å².